The van der Waals surface area contributed by atoms with Gasteiger partial charge in [-0.25, -0.2) is 0 Å². The van der Waals surface area contributed by atoms with Crippen molar-refractivity contribution in [2.24, 2.45) is 5.73 Å². The fourth-order valence-corrected chi connectivity index (χ4v) is 5.01. The topological polar surface area (TPSA) is 84.2 Å². The molecule has 226 valence electrons. The van der Waals surface area contributed by atoms with E-state index in [4.69, 9.17) is 5.73 Å². The van der Waals surface area contributed by atoms with Crippen molar-refractivity contribution in [1.82, 2.24) is 10.6 Å². The maximum atomic E-state index is 12.2. The second-order valence-electron chi connectivity index (χ2n) is 11.6. The predicted molar refractivity (Wildman–Crippen MR) is 165 cm³/mol. The molecule has 4 N–H and O–H groups in total. The number of unbranched alkanes of at least 4 members (excludes halogenated alkanes) is 22. The van der Waals surface area contributed by atoms with Gasteiger partial charge in [0.1, 0.15) is 0 Å². The Labute approximate surface area is 237 Å². The quantitative estimate of drug-likeness (QED) is 0.0801. The maximum absolute atomic E-state index is 12.2. The van der Waals surface area contributed by atoms with E-state index in [-0.39, 0.29) is 11.8 Å². The lowest BCUT2D eigenvalue weighted by molar-refractivity contribution is -0.123. The summed E-state index contributed by atoms with van der Waals surface area (Å²) in [5, 5.41) is 5.92. The summed E-state index contributed by atoms with van der Waals surface area (Å²) in [6.07, 6.45) is 32.3. The van der Waals surface area contributed by atoms with E-state index in [0.29, 0.717) is 19.4 Å². The van der Waals surface area contributed by atoms with Crippen LogP contribution in [0.2, 0.25) is 0 Å². The highest BCUT2D eigenvalue weighted by Gasteiger charge is 2.14. The van der Waals surface area contributed by atoms with Crippen molar-refractivity contribution < 1.29 is 9.59 Å². The number of hydrogen-bond acceptors (Lipinski definition) is 3. The zero-order chi connectivity index (χ0) is 27.9. The summed E-state index contributed by atoms with van der Waals surface area (Å²) in [4.78, 5) is 24.2. The zero-order valence-electron chi connectivity index (χ0n) is 25.8. The third-order valence-corrected chi connectivity index (χ3v) is 7.70. The molecule has 0 bridgehead atoms. The molecule has 0 aromatic carbocycles. The molecule has 0 rings (SSSR count). The maximum Gasteiger partial charge on any atom is 0.236 e. The first kappa shape index (κ1) is 36.9. The average Bonchev–Trinajstić information content (AvgIpc) is 2.92. The molecular weight excluding hydrogens is 470 g/mol. The van der Waals surface area contributed by atoms with Crippen molar-refractivity contribution >= 4 is 11.8 Å². The fraction of sp³-hybridized carbons (Fsp3) is 0.939. The van der Waals surface area contributed by atoms with Gasteiger partial charge in [0, 0.05) is 19.5 Å². The number of carbonyl (C=O) groups is 2. The third-order valence-electron chi connectivity index (χ3n) is 7.70. The number of nitrogens with two attached hydrogens (primary N) is 1. The van der Waals surface area contributed by atoms with E-state index in [1.54, 1.807) is 0 Å². The molecule has 0 aliphatic rings. The second-order valence-corrected chi connectivity index (χ2v) is 11.6. The Morgan fingerprint density at radius 2 is 0.816 bits per heavy atom. The molecule has 0 aliphatic carbocycles. The number of amides is 2. The minimum absolute atomic E-state index is 0.0114. The number of hydrogen-bond donors (Lipinski definition) is 3. The Balaban J connectivity index is 3.41. The van der Waals surface area contributed by atoms with Crippen LogP contribution in [0.25, 0.3) is 0 Å². The van der Waals surface area contributed by atoms with Crippen LogP contribution in [0, 0.1) is 0 Å². The summed E-state index contributed by atoms with van der Waals surface area (Å²) in [6.45, 7) is 5.96. The van der Waals surface area contributed by atoms with Gasteiger partial charge in [0.2, 0.25) is 11.8 Å². The summed E-state index contributed by atoms with van der Waals surface area (Å²) in [7, 11) is 0. The van der Waals surface area contributed by atoms with E-state index in [9.17, 15) is 9.59 Å². The highest BCUT2D eigenvalue weighted by atomic mass is 16.2. The fourth-order valence-electron chi connectivity index (χ4n) is 5.01. The van der Waals surface area contributed by atoms with Crippen LogP contribution in [-0.4, -0.2) is 30.9 Å². The molecular formula is C33H67N3O2. The van der Waals surface area contributed by atoms with Gasteiger partial charge in [0.15, 0.2) is 0 Å². The summed E-state index contributed by atoms with van der Waals surface area (Å²) in [6, 6.07) is -0.593. The van der Waals surface area contributed by atoms with Gasteiger partial charge >= 0.3 is 0 Å². The van der Waals surface area contributed by atoms with E-state index in [1.165, 1.54) is 135 Å². The first-order chi connectivity index (χ1) is 18.6. The zero-order valence-corrected chi connectivity index (χ0v) is 25.8. The molecule has 38 heavy (non-hydrogen) atoms. The van der Waals surface area contributed by atoms with Crippen LogP contribution < -0.4 is 16.4 Å². The van der Waals surface area contributed by atoms with E-state index in [2.05, 4.69) is 24.5 Å². The molecule has 0 aliphatic heterocycles. The molecule has 0 aromatic rings. The summed E-state index contributed by atoms with van der Waals surface area (Å²) >= 11 is 0. The molecule has 1 unspecified atom stereocenters. The Bertz CT molecular complexity index is 512. The molecule has 0 saturated carbocycles. The van der Waals surface area contributed by atoms with Crippen molar-refractivity contribution in [3.63, 3.8) is 0 Å². The highest BCUT2D eigenvalue weighted by Crippen LogP contribution is 2.13. The minimum Gasteiger partial charge on any atom is -0.356 e. The predicted octanol–water partition coefficient (Wildman–Crippen LogP) is 8.73. The van der Waals surface area contributed by atoms with Crippen LogP contribution in [-0.2, 0) is 9.59 Å². The van der Waals surface area contributed by atoms with Crippen LogP contribution in [0.15, 0.2) is 0 Å². The van der Waals surface area contributed by atoms with Gasteiger partial charge in [0.05, 0.1) is 6.04 Å². The molecule has 5 heteroatoms. The Morgan fingerprint density at radius 3 is 1.18 bits per heavy atom. The van der Waals surface area contributed by atoms with E-state index >= 15 is 0 Å². The van der Waals surface area contributed by atoms with Crippen molar-refractivity contribution in [3.8, 4) is 0 Å². The number of nitrogens with one attached hydrogen (secondary N) is 2. The van der Waals surface area contributed by atoms with Crippen LogP contribution in [0.3, 0.4) is 0 Å². The summed E-state index contributed by atoms with van der Waals surface area (Å²) in [5.74, 6) is -0.112. The van der Waals surface area contributed by atoms with Gasteiger partial charge in [-0.2, -0.15) is 0 Å². The van der Waals surface area contributed by atoms with Gasteiger partial charge in [-0.1, -0.05) is 155 Å². The van der Waals surface area contributed by atoms with Gasteiger partial charge in [-0.15, -0.1) is 0 Å². The Kier molecular flexibility index (Phi) is 29.6. The standard InChI is InChI=1S/C33H67N3O2/c1-3-5-7-9-11-13-15-17-19-21-23-25-29-35-32(37)28-27-31(34)33(38)36-30-26-24-22-20-18-16-14-12-10-8-6-4-2/h31H,3-30,34H2,1-2H3,(H,35,37)(H,36,38). The minimum atomic E-state index is -0.593. The van der Waals surface area contributed by atoms with Crippen LogP contribution >= 0.6 is 0 Å². The van der Waals surface area contributed by atoms with Gasteiger partial charge in [-0.05, 0) is 19.3 Å². The van der Waals surface area contributed by atoms with Crippen LogP contribution in [0.1, 0.15) is 181 Å². The molecule has 1 atom stereocenters. The van der Waals surface area contributed by atoms with E-state index < -0.39 is 6.04 Å². The largest absolute Gasteiger partial charge is 0.356 e. The number of carbonyl (C=O) groups excluding carboxylic acids is 2. The van der Waals surface area contributed by atoms with Gasteiger partial charge in [-0.3, -0.25) is 9.59 Å². The molecule has 0 spiro atoms. The van der Waals surface area contributed by atoms with E-state index in [1.807, 2.05) is 0 Å². The van der Waals surface area contributed by atoms with Gasteiger partial charge < -0.3 is 16.4 Å². The van der Waals surface area contributed by atoms with Gasteiger partial charge in [0.25, 0.3) is 0 Å². The van der Waals surface area contributed by atoms with Crippen molar-refractivity contribution in [3.05, 3.63) is 0 Å². The molecule has 0 radical (unpaired) electrons. The van der Waals surface area contributed by atoms with Crippen molar-refractivity contribution in [1.29, 1.82) is 0 Å². The average molecular weight is 538 g/mol. The highest BCUT2D eigenvalue weighted by molar-refractivity contribution is 5.82. The SMILES string of the molecule is CCCCCCCCCCCCCCNC(=O)CCC(N)C(=O)NCCCCCCCCCCCCCC. The lowest BCUT2D eigenvalue weighted by Crippen LogP contribution is -2.41. The van der Waals surface area contributed by atoms with Crippen molar-refractivity contribution in [2.75, 3.05) is 13.1 Å². The molecule has 0 saturated heterocycles. The molecule has 5 nitrogen and oxygen atoms in total. The first-order valence-corrected chi connectivity index (χ1v) is 16.9. The molecule has 2 amide bonds. The van der Waals surface area contributed by atoms with Crippen LogP contribution in [0.5, 0.6) is 0 Å². The Morgan fingerprint density at radius 1 is 0.500 bits per heavy atom. The monoisotopic (exact) mass is 538 g/mol. The van der Waals surface area contributed by atoms with E-state index in [0.717, 1.165) is 25.8 Å². The molecule has 0 fully saturated rings. The first-order valence-electron chi connectivity index (χ1n) is 16.9. The molecule has 0 heterocycles. The second kappa shape index (κ2) is 30.4. The molecule has 0 aromatic heterocycles. The smallest absolute Gasteiger partial charge is 0.236 e. The summed E-state index contributed by atoms with van der Waals surface area (Å²) in [5.41, 5.74) is 6.00. The van der Waals surface area contributed by atoms with Crippen LogP contribution in [0.4, 0.5) is 0 Å². The summed E-state index contributed by atoms with van der Waals surface area (Å²) < 4.78 is 0. The number of rotatable bonds is 30. The lowest BCUT2D eigenvalue weighted by Gasteiger charge is -2.12. The third kappa shape index (κ3) is 27.9. The van der Waals surface area contributed by atoms with Crippen molar-refractivity contribution in [2.45, 2.75) is 187 Å². The lowest BCUT2D eigenvalue weighted by atomic mass is 10.1. The normalized spacial score (nSPS) is 12.0. The Hall–Kier alpha value is -1.10.